The van der Waals surface area contributed by atoms with Crippen molar-refractivity contribution in [3.63, 3.8) is 0 Å². The molecule has 2 N–H and O–H groups in total. The van der Waals surface area contributed by atoms with Crippen LogP contribution in [0.15, 0.2) is 41.3 Å². The molecule has 0 aliphatic carbocycles. The molecule has 0 bridgehead atoms. The van der Waals surface area contributed by atoms with Crippen LogP contribution in [0.1, 0.15) is 12.5 Å². The van der Waals surface area contributed by atoms with Gasteiger partial charge in [-0.05, 0) is 38.1 Å². The molecule has 0 aliphatic heterocycles. The number of sulfonamides is 1. The second kappa shape index (κ2) is 7.93. The third-order valence-corrected chi connectivity index (χ3v) is 5.92. The summed E-state index contributed by atoms with van der Waals surface area (Å²) >= 11 is 17.7. The lowest BCUT2D eigenvalue weighted by Gasteiger charge is -2.15. The van der Waals surface area contributed by atoms with Crippen LogP contribution >= 0.6 is 34.8 Å². The predicted octanol–water partition coefficient (Wildman–Crippen LogP) is 4.26. The zero-order chi connectivity index (χ0) is 18.8. The molecule has 0 heterocycles. The molecule has 0 fully saturated rings. The number of hydrogen-bond acceptors (Lipinski definition) is 3. The molecule has 134 valence electrons. The van der Waals surface area contributed by atoms with E-state index in [1.54, 1.807) is 12.1 Å². The first-order chi connectivity index (χ1) is 11.6. The number of nitrogens with one attached hydrogen (secondary N) is 2. The van der Waals surface area contributed by atoms with Gasteiger partial charge in [-0.3, -0.25) is 4.79 Å². The summed E-state index contributed by atoms with van der Waals surface area (Å²) in [4.78, 5) is 12.3. The Bertz CT molecular complexity index is 900. The molecule has 0 radical (unpaired) electrons. The van der Waals surface area contributed by atoms with Gasteiger partial charge >= 0.3 is 0 Å². The van der Waals surface area contributed by atoms with E-state index in [4.69, 9.17) is 34.8 Å². The fourth-order valence-corrected chi connectivity index (χ4v) is 3.73. The molecule has 0 saturated heterocycles. The van der Waals surface area contributed by atoms with E-state index in [0.717, 1.165) is 5.56 Å². The minimum absolute atomic E-state index is 0.0744. The molecule has 1 amide bonds. The van der Waals surface area contributed by atoms with Gasteiger partial charge in [0.15, 0.2) is 0 Å². The average Bonchev–Trinajstić information content (AvgIpc) is 2.52. The van der Waals surface area contributed by atoms with Gasteiger partial charge in [0, 0.05) is 0 Å². The van der Waals surface area contributed by atoms with Gasteiger partial charge in [-0.1, -0.05) is 52.5 Å². The molecule has 2 aromatic carbocycles. The number of carbonyl (C=O) groups is 1. The second-order valence-electron chi connectivity index (χ2n) is 5.39. The quantitative estimate of drug-likeness (QED) is 0.708. The highest BCUT2D eigenvalue weighted by Gasteiger charge is 2.22. The van der Waals surface area contributed by atoms with Crippen LogP contribution in [0.4, 0.5) is 5.69 Å². The Morgan fingerprint density at radius 3 is 2.16 bits per heavy atom. The van der Waals surface area contributed by atoms with Gasteiger partial charge in [0.25, 0.3) is 0 Å². The van der Waals surface area contributed by atoms with Gasteiger partial charge in [0.05, 0.1) is 31.7 Å². The highest BCUT2D eigenvalue weighted by molar-refractivity contribution is 7.89. The monoisotopic (exact) mass is 420 g/mol. The van der Waals surface area contributed by atoms with E-state index in [1.165, 1.54) is 31.2 Å². The number of aryl methyl sites for hydroxylation is 1. The molecule has 5 nitrogen and oxygen atoms in total. The lowest BCUT2D eigenvalue weighted by Crippen LogP contribution is -2.41. The third-order valence-electron chi connectivity index (χ3n) is 3.32. The largest absolute Gasteiger partial charge is 0.323 e. The number of rotatable bonds is 5. The highest BCUT2D eigenvalue weighted by atomic mass is 35.5. The summed E-state index contributed by atoms with van der Waals surface area (Å²) in [5, 5.41) is 3.18. The SMILES string of the molecule is Cc1ccc(S(=O)(=O)NC(C)C(=O)Nc2cc(Cl)c(Cl)cc2Cl)cc1. The summed E-state index contributed by atoms with van der Waals surface area (Å²) in [5.41, 5.74) is 1.17. The average molecular weight is 422 g/mol. The van der Waals surface area contributed by atoms with Gasteiger partial charge in [0.2, 0.25) is 15.9 Å². The van der Waals surface area contributed by atoms with Crippen molar-refractivity contribution < 1.29 is 13.2 Å². The topological polar surface area (TPSA) is 75.3 Å². The van der Waals surface area contributed by atoms with Crippen molar-refractivity contribution in [3.8, 4) is 0 Å². The van der Waals surface area contributed by atoms with Crippen LogP contribution in [0.2, 0.25) is 15.1 Å². The van der Waals surface area contributed by atoms with Crippen molar-refractivity contribution in [2.75, 3.05) is 5.32 Å². The molecule has 25 heavy (non-hydrogen) atoms. The lowest BCUT2D eigenvalue weighted by atomic mass is 10.2. The van der Waals surface area contributed by atoms with Gasteiger partial charge in [-0.15, -0.1) is 0 Å². The van der Waals surface area contributed by atoms with E-state index in [2.05, 4.69) is 10.0 Å². The Labute approximate surface area is 161 Å². The second-order valence-corrected chi connectivity index (χ2v) is 8.33. The minimum atomic E-state index is -3.83. The number of benzene rings is 2. The zero-order valence-electron chi connectivity index (χ0n) is 13.3. The molecule has 0 aromatic heterocycles. The fourth-order valence-electron chi connectivity index (χ4n) is 1.93. The van der Waals surface area contributed by atoms with Crippen LogP contribution in [0.25, 0.3) is 0 Å². The van der Waals surface area contributed by atoms with E-state index in [9.17, 15) is 13.2 Å². The van der Waals surface area contributed by atoms with E-state index in [0.29, 0.717) is 0 Å². The van der Waals surface area contributed by atoms with E-state index >= 15 is 0 Å². The van der Waals surface area contributed by atoms with E-state index < -0.39 is 22.0 Å². The van der Waals surface area contributed by atoms with Gasteiger partial charge in [-0.25, -0.2) is 8.42 Å². The summed E-state index contributed by atoms with van der Waals surface area (Å²) in [6.07, 6.45) is 0. The molecular weight excluding hydrogens is 407 g/mol. The van der Waals surface area contributed by atoms with Gasteiger partial charge in [0.1, 0.15) is 0 Å². The van der Waals surface area contributed by atoms with Crippen LogP contribution < -0.4 is 10.0 Å². The van der Waals surface area contributed by atoms with Crippen molar-refractivity contribution in [1.29, 1.82) is 0 Å². The number of halogens is 3. The maximum absolute atomic E-state index is 12.3. The maximum Gasteiger partial charge on any atom is 0.242 e. The first-order valence-corrected chi connectivity index (χ1v) is 9.76. The first kappa shape index (κ1) is 20.0. The number of amides is 1. The Morgan fingerprint density at radius 1 is 1.00 bits per heavy atom. The Morgan fingerprint density at radius 2 is 1.56 bits per heavy atom. The first-order valence-electron chi connectivity index (χ1n) is 7.14. The van der Waals surface area contributed by atoms with Gasteiger partial charge < -0.3 is 5.32 Å². The third kappa shape index (κ3) is 5.09. The molecule has 1 unspecified atom stereocenters. The smallest absolute Gasteiger partial charge is 0.242 e. The van der Waals surface area contributed by atoms with Gasteiger partial charge in [-0.2, -0.15) is 4.72 Å². The molecule has 2 rings (SSSR count). The van der Waals surface area contributed by atoms with Crippen molar-refractivity contribution in [1.82, 2.24) is 4.72 Å². The van der Waals surface area contributed by atoms with Crippen molar-refractivity contribution >= 4 is 56.4 Å². The predicted molar refractivity (Wildman–Crippen MR) is 101 cm³/mol. The fraction of sp³-hybridized carbons (Fsp3) is 0.188. The molecule has 2 aromatic rings. The van der Waals surface area contributed by atoms with Crippen molar-refractivity contribution in [2.45, 2.75) is 24.8 Å². The minimum Gasteiger partial charge on any atom is -0.323 e. The van der Waals surface area contributed by atoms with E-state index in [1.807, 2.05) is 6.92 Å². The van der Waals surface area contributed by atoms with Crippen molar-refractivity contribution in [3.05, 3.63) is 57.0 Å². The highest BCUT2D eigenvalue weighted by Crippen LogP contribution is 2.32. The Kier molecular flexibility index (Phi) is 6.35. The van der Waals surface area contributed by atoms with Crippen LogP contribution in [0.3, 0.4) is 0 Å². The van der Waals surface area contributed by atoms with Crippen LogP contribution in [0.5, 0.6) is 0 Å². The molecular formula is C16H15Cl3N2O3S. The summed E-state index contributed by atoms with van der Waals surface area (Å²) in [5.74, 6) is -0.587. The number of carbonyl (C=O) groups excluding carboxylic acids is 1. The zero-order valence-corrected chi connectivity index (χ0v) is 16.4. The van der Waals surface area contributed by atoms with E-state index in [-0.39, 0.29) is 25.7 Å². The van der Waals surface area contributed by atoms with Crippen LogP contribution in [-0.4, -0.2) is 20.4 Å². The number of hydrogen-bond donors (Lipinski definition) is 2. The summed E-state index contributed by atoms with van der Waals surface area (Å²) in [7, 11) is -3.83. The van der Waals surface area contributed by atoms with Crippen LogP contribution in [-0.2, 0) is 14.8 Å². The Hall–Kier alpha value is -1.31. The molecule has 9 heteroatoms. The lowest BCUT2D eigenvalue weighted by molar-refractivity contribution is -0.117. The number of anilines is 1. The standard InChI is InChI=1S/C16H15Cl3N2O3S/c1-9-3-5-11(6-4-9)25(23,24)21-10(2)16(22)20-15-8-13(18)12(17)7-14(15)19/h3-8,10,21H,1-2H3,(H,20,22). The Balaban J connectivity index is 2.12. The molecule has 0 saturated carbocycles. The summed E-state index contributed by atoms with van der Waals surface area (Å²) in [6.45, 7) is 3.27. The molecule has 0 aliphatic rings. The maximum atomic E-state index is 12.3. The molecule has 0 spiro atoms. The normalized spacial score (nSPS) is 12.7. The summed E-state index contributed by atoms with van der Waals surface area (Å²) < 4.78 is 27.0. The van der Waals surface area contributed by atoms with Crippen molar-refractivity contribution in [2.24, 2.45) is 0 Å². The molecule has 1 atom stereocenters. The van der Waals surface area contributed by atoms with Crippen LogP contribution in [0, 0.1) is 6.92 Å². The summed E-state index contributed by atoms with van der Waals surface area (Å²) in [6, 6.07) is 8.05.